The van der Waals surface area contributed by atoms with Gasteiger partial charge in [0.15, 0.2) is 0 Å². The first-order chi connectivity index (χ1) is 6.38. The molecule has 1 aliphatic heterocycles. The molecule has 3 heteroatoms. The minimum absolute atomic E-state index is 0.0298. The standard InChI is InChI=1S/C10H19BO2/c1-3-5-7-10(4-2)11-12-8-6-9-13-11/h4,10H,2-3,5-9H2,1H3. The molecule has 2 nitrogen and oxygen atoms in total. The normalized spacial score (nSPS) is 19.9. The zero-order chi connectivity index (χ0) is 9.52. The van der Waals surface area contributed by atoms with Crippen molar-refractivity contribution in [3.05, 3.63) is 12.7 Å². The van der Waals surface area contributed by atoms with E-state index in [-0.39, 0.29) is 7.12 Å². The van der Waals surface area contributed by atoms with Crippen LogP contribution in [0.4, 0.5) is 0 Å². The molecule has 1 rings (SSSR count). The van der Waals surface area contributed by atoms with Gasteiger partial charge in [-0.1, -0.05) is 25.8 Å². The molecule has 0 aromatic rings. The summed E-state index contributed by atoms with van der Waals surface area (Å²) in [5.74, 6) is 0.375. The molecule has 1 atom stereocenters. The highest BCUT2D eigenvalue weighted by Crippen LogP contribution is 2.23. The van der Waals surface area contributed by atoms with E-state index in [1.807, 2.05) is 6.08 Å². The van der Waals surface area contributed by atoms with Crippen molar-refractivity contribution in [1.82, 2.24) is 0 Å². The van der Waals surface area contributed by atoms with Crippen LogP contribution in [0.2, 0.25) is 5.82 Å². The van der Waals surface area contributed by atoms with Crippen molar-refractivity contribution in [2.45, 2.75) is 38.4 Å². The lowest BCUT2D eigenvalue weighted by Crippen LogP contribution is -2.33. The SMILES string of the molecule is C=CC(CCCC)B1OCCCO1. The Balaban J connectivity index is 2.30. The molecule has 0 aliphatic carbocycles. The van der Waals surface area contributed by atoms with Crippen LogP contribution in [0.5, 0.6) is 0 Å². The lowest BCUT2D eigenvalue weighted by Gasteiger charge is -2.24. The Morgan fingerprint density at radius 1 is 1.46 bits per heavy atom. The van der Waals surface area contributed by atoms with E-state index in [1.165, 1.54) is 12.8 Å². The number of allylic oxidation sites excluding steroid dienone is 1. The fourth-order valence-corrected chi connectivity index (χ4v) is 1.56. The Kier molecular flexibility index (Phi) is 5.17. The van der Waals surface area contributed by atoms with Gasteiger partial charge < -0.3 is 9.31 Å². The van der Waals surface area contributed by atoms with E-state index < -0.39 is 0 Å². The molecule has 1 aliphatic rings. The third kappa shape index (κ3) is 3.53. The van der Waals surface area contributed by atoms with Gasteiger partial charge in [0.05, 0.1) is 0 Å². The first kappa shape index (κ1) is 10.8. The molecular weight excluding hydrogens is 163 g/mol. The summed E-state index contributed by atoms with van der Waals surface area (Å²) < 4.78 is 11.1. The number of rotatable bonds is 5. The second-order valence-electron chi connectivity index (χ2n) is 3.51. The van der Waals surface area contributed by atoms with E-state index in [2.05, 4.69) is 13.5 Å². The van der Waals surface area contributed by atoms with E-state index in [0.29, 0.717) is 5.82 Å². The Labute approximate surface area is 81.4 Å². The molecule has 0 saturated carbocycles. The summed E-state index contributed by atoms with van der Waals surface area (Å²) in [6, 6.07) is 0. The lowest BCUT2D eigenvalue weighted by atomic mass is 9.68. The van der Waals surface area contributed by atoms with E-state index >= 15 is 0 Å². The minimum atomic E-state index is -0.0298. The topological polar surface area (TPSA) is 18.5 Å². The summed E-state index contributed by atoms with van der Waals surface area (Å²) >= 11 is 0. The molecule has 74 valence electrons. The van der Waals surface area contributed by atoms with E-state index in [9.17, 15) is 0 Å². The third-order valence-electron chi connectivity index (χ3n) is 2.40. The maximum atomic E-state index is 5.53. The van der Waals surface area contributed by atoms with E-state index in [0.717, 1.165) is 26.1 Å². The Morgan fingerprint density at radius 3 is 2.69 bits per heavy atom. The maximum Gasteiger partial charge on any atom is 0.464 e. The van der Waals surface area contributed by atoms with Crippen molar-refractivity contribution in [3.63, 3.8) is 0 Å². The van der Waals surface area contributed by atoms with Crippen molar-refractivity contribution < 1.29 is 9.31 Å². The highest BCUT2D eigenvalue weighted by Gasteiger charge is 2.29. The zero-order valence-electron chi connectivity index (χ0n) is 8.50. The molecule has 0 radical (unpaired) electrons. The van der Waals surface area contributed by atoms with Crippen LogP contribution < -0.4 is 0 Å². The summed E-state index contributed by atoms with van der Waals surface area (Å²) in [5.41, 5.74) is 0. The maximum absolute atomic E-state index is 5.53. The van der Waals surface area contributed by atoms with Gasteiger partial charge in [-0.05, 0) is 12.8 Å². The van der Waals surface area contributed by atoms with Crippen LogP contribution in [0.15, 0.2) is 12.7 Å². The largest absolute Gasteiger partial charge is 0.464 e. The molecule has 0 aromatic heterocycles. The van der Waals surface area contributed by atoms with Gasteiger partial charge in [0.25, 0.3) is 0 Å². The molecule has 0 bridgehead atoms. The van der Waals surface area contributed by atoms with Gasteiger partial charge in [0.1, 0.15) is 0 Å². The molecule has 0 N–H and O–H groups in total. The molecule has 1 saturated heterocycles. The number of unbranched alkanes of at least 4 members (excludes halogenated alkanes) is 1. The monoisotopic (exact) mass is 182 g/mol. The first-order valence-corrected chi connectivity index (χ1v) is 5.24. The fourth-order valence-electron chi connectivity index (χ4n) is 1.56. The Bertz CT molecular complexity index is 144. The fraction of sp³-hybridized carbons (Fsp3) is 0.800. The summed E-state index contributed by atoms with van der Waals surface area (Å²) in [4.78, 5) is 0. The predicted octanol–water partition coefficient (Wildman–Crippen LogP) is 2.66. The zero-order valence-corrected chi connectivity index (χ0v) is 8.50. The average molecular weight is 182 g/mol. The molecular formula is C10H19BO2. The highest BCUT2D eigenvalue weighted by atomic mass is 16.6. The van der Waals surface area contributed by atoms with Crippen molar-refractivity contribution >= 4 is 7.12 Å². The average Bonchev–Trinajstić information content (AvgIpc) is 2.21. The van der Waals surface area contributed by atoms with Crippen LogP contribution in [0, 0.1) is 0 Å². The van der Waals surface area contributed by atoms with Crippen LogP contribution in [0.3, 0.4) is 0 Å². The Morgan fingerprint density at radius 2 is 2.15 bits per heavy atom. The summed E-state index contributed by atoms with van der Waals surface area (Å²) in [5, 5.41) is 0. The van der Waals surface area contributed by atoms with Crippen LogP contribution in [0.25, 0.3) is 0 Å². The van der Waals surface area contributed by atoms with Crippen LogP contribution in [0.1, 0.15) is 32.6 Å². The van der Waals surface area contributed by atoms with Crippen LogP contribution in [-0.2, 0) is 9.31 Å². The van der Waals surface area contributed by atoms with Gasteiger partial charge >= 0.3 is 7.12 Å². The van der Waals surface area contributed by atoms with Gasteiger partial charge in [-0.2, -0.15) is 0 Å². The molecule has 0 aromatic carbocycles. The molecule has 13 heavy (non-hydrogen) atoms. The smallest absolute Gasteiger partial charge is 0.411 e. The minimum Gasteiger partial charge on any atom is -0.411 e. The predicted molar refractivity (Wildman–Crippen MR) is 55.7 cm³/mol. The van der Waals surface area contributed by atoms with Crippen molar-refractivity contribution in [2.75, 3.05) is 13.2 Å². The van der Waals surface area contributed by atoms with Gasteiger partial charge in [-0.15, -0.1) is 6.58 Å². The van der Waals surface area contributed by atoms with Crippen molar-refractivity contribution in [2.24, 2.45) is 0 Å². The summed E-state index contributed by atoms with van der Waals surface area (Å²) in [6.45, 7) is 7.70. The molecule has 0 spiro atoms. The number of hydrogen-bond donors (Lipinski definition) is 0. The van der Waals surface area contributed by atoms with E-state index in [4.69, 9.17) is 9.31 Å². The molecule has 1 heterocycles. The van der Waals surface area contributed by atoms with Gasteiger partial charge in [-0.3, -0.25) is 0 Å². The van der Waals surface area contributed by atoms with Crippen molar-refractivity contribution in [3.8, 4) is 0 Å². The number of hydrogen-bond acceptors (Lipinski definition) is 2. The van der Waals surface area contributed by atoms with Crippen LogP contribution in [-0.4, -0.2) is 20.3 Å². The van der Waals surface area contributed by atoms with Crippen molar-refractivity contribution in [1.29, 1.82) is 0 Å². The van der Waals surface area contributed by atoms with Crippen LogP contribution >= 0.6 is 0 Å². The second kappa shape index (κ2) is 6.22. The highest BCUT2D eigenvalue weighted by molar-refractivity contribution is 6.47. The first-order valence-electron chi connectivity index (χ1n) is 5.24. The van der Waals surface area contributed by atoms with Gasteiger partial charge in [0.2, 0.25) is 0 Å². The lowest BCUT2D eigenvalue weighted by molar-refractivity contribution is 0.129. The summed E-state index contributed by atoms with van der Waals surface area (Å²) in [6.07, 6.45) is 6.56. The molecule has 1 fully saturated rings. The van der Waals surface area contributed by atoms with Gasteiger partial charge in [0, 0.05) is 19.0 Å². The molecule has 0 amide bonds. The third-order valence-corrected chi connectivity index (χ3v) is 2.40. The van der Waals surface area contributed by atoms with Gasteiger partial charge in [-0.25, -0.2) is 0 Å². The molecule has 1 unspecified atom stereocenters. The quantitative estimate of drug-likeness (QED) is 0.480. The summed E-state index contributed by atoms with van der Waals surface area (Å²) in [7, 11) is -0.0298. The van der Waals surface area contributed by atoms with E-state index in [1.54, 1.807) is 0 Å². The Hall–Kier alpha value is -0.275. The second-order valence-corrected chi connectivity index (χ2v) is 3.51.